The number of fused-ring (bicyclic) bond motifs is 1. The molecule has 2 amide bonds. The van der Waals surface area contributed by atoms with Gasteiger partial charge in [0.2, 0.25) is 11.8 Å². The monoisotopic (exact) mass is 248 g/mol. The lowest BCUT2D eigenvalue weighted by Gasteiger charge is -2.25. The van der Waals surface area contributed by atoms with Crippen molar-refractivity contribution in [3.05, 3.63) is 11.8 Å². The van der Waals surface area contributed by atoms with E-state index < -0.39 is 0 Å². The molecule has 3 rings (SSSR count). The van der Waals surface area contributed by atoms with E-state index in [1.165, 1.54) is 4.90 Å². The van der Waals surface area contributed by atoms with Gasteiger partial charge >= 0.3 is 0 Å². The summed E-state index contributed by atoms with van der Waals surface area (Å²) in [5, 5.41) is 3.78. The molecule has 5 heteroatoms. The Hall–Kier alpha value is -1.65. The highest BCUT2D eigenvalue weighted by Gasteiger charge is 2.50. The van der Waals surface area contributed by atoms with Gasteiger partial charge in [-0.15, -0.1) is 0 Å². The molecular weight excluding hydrogens is 232 g/mol. The molecule has 5 nitrogen and oxygen atoms in total. The predicted octanol–water partition coefficient (Wildman–Crippen LogP) is 1.91. The molecule has 0 spiro atoms. The van der Waals surface area contributed by atoms with Crippen LogP contribution in [0.1, 0.15) is 31.9 Å². The van der Waals surface area contributed by atoms with Gasteiger partial charge in [-0.2, -0.15) is 0 Å². The maximum atomic E-state index is 12.3. The minimum atomic E-state index is -0.154. The molecule has 2 aliphatic rings. The number of anilines is 1. The van der Waals surface area contributed by atoms with Crippen molar-refractivity contribution in [2.24, 2.45) is 17.8 Å². The van der Waals surface area contributed by atoms with E-state index in [-0.39, 0.29) is 23.7 Å². The van der Waals surface area contributed by atoms with Gasteiger partial charge in [0.1, 0.15) is 5.76 Å². The summed E-state index contributed by atoms with van der Waals surface area (Å²) in [6.45, 7) is 3.88. The van der Waals surface area contributed by atoms with Gasteiger partial charge in [0.15, 0.2) is 5.82 Å². The van der Waals surface area contributed by atoms with E-state index in [4.69, 9.17) is 4.52 Å². The van der Waals surface area contributed by atoms with Crippen molar-refractivity contribution in [3.63, 3.8) is 0 Å². The smallest absolute Gasteiger partial charge is 0.239 e. The Morgan fingerprint density at radius 2 is 2.00 bits per heavy atom. The van der Waals surface area contributed by atoms with Crippen molar-refractivity contribution >= 4 is 17.6 Å². The fourth-order valence-electron chi connectivity index (χ4n) is 3.07. The molecule has 3 atom stereocenters. The van der Waals surface area contributed by atoms with Crippen LogP contribution in [0.3, 0.4) is 0 Å². The Bertz CT molecular complexity index is 508. The van der Waals surface area contributed by atoms with Crippen LogP contribution in [0.2, 0.25) is 0 Å². The van der Waals surface area contributed by atoms with Gasteiger partial charge in [0.25, 0.3) is 0 Å². The van der Waals surface area contributed by atoms with Crippen LogP contribution in [-0.2, 0) is 9.59 Å². The van der Waals surface area contributed by atoms with E-state index in [9.17, 15) is 9.59 Å². The average molecular weight is 248 g/mol. The summed E-state index contributed by atoms with van der Waals surface area (Å²) in [4.78, 5) is 25.8. The van der Waals surface area contributed by atoms with Crippen LogP contribution in [0.5, 0.6) is 0 Å². The van der Waals surface area contributed by atoms with Crippen molar-refractivity contribution in [3.8, 4) is 0 Å². The highest BCUT2D eigenvalue weighted by molar-refractivity contribution is 6.21. The summed E-state index contributed by atoms with van der Waals surface area (Å²) in [6, 6.07) is 1.64. The summed E-state index contributed by atoms with van der Waals surface area (Å²) in [5.41, 5.74) is 0. The summed E-state index contributed by atoms with van der Waals surface area (Å²) in [6.07, 6.45) is 2.64. The number of aromatic nitrogens is 1. The molecule has 0 unspecified atom stereocenters. The maximum absolute atomic E-state index is 12.3. The third kappa shape index (κ3) is 1.57. The van der Waals surface area contributed by atoms with Crippen LogP contribution >= 0.6 is 0 Å². The van der Waals surface area contributed by atoms with Gasteiger partial charge in [-0.25, -0.2) is 4.90 Å². The van der Waals surface area contributed by atoms with Crippen molar-refractivity contribution < 1.29 is 14.1 Å². The summed E-state index contributed by atoms with van der Waals surface area (Å²) < 4.78 is 4.95. The molecule has 1 aromatic rings. The molecule has 0 N–H and O–H groups in total. The second-order valence-corrected chi connectivity index (χ2v) is 5.44. The zero-order valence-electron chi connectivity index (χ0n) is 10.5. The molecule has 2 heterocycles. The van der Waals surface area contributed by atoms with Gasteiger partial charge in [0, 0.05) is 6.07 Å². The van der Waals surface area contributed by atoms with Crippen molar-refractivity contribution in [1.29, 1.82) is 0 Å². The third-order valence-corrected chi connectivity index (χ3v) is 4.03. The van der Waals surface area contributed by atoms with E-state index in [2.05, 4.69) is 12.1 Å². The first-order valence-electron chi connectivity index (χ1n) is 6.39. The molecule has 1 aliphatic heterocycles. The number of carbonyl (C=O) groups is 2. The van der Waals surface area contributed by atoms with Gasteiger partial charge in [-0.3, -0.25) is 9.59 Å². The number of amides is 2. The van der Waals surface area contributed by atoms with Crippen molar-refractivity contribution in [2.75, 3.05) is 4.90 Å². The van der Waals surface area contributed by atoms with Crippen LogP contribution in [0.25, 0.3) is 0 Å². The number of aryl methyl sites for hydroxylation is 1. The molecule has 0 bridgehead atoms. The zero-order chi connectivity index (χ0) is 12.9. The molecule has 0 radical (unpaired) electrons. The lowest BCUT2D eigenvalue weighted by atomic mass is 9.76. The second kappa shape index (κ2) is 3.93. The summed E-state index contributed by atoms with van der Waals surface area (Å²) in [5.74, 6) is 0.944. The lowest BCUT2D eigenvalue weighted by molar-refractivity contribution is -0.122. The SMILES string of the molecule is Cc1cc(N2C(=O)[C@@H]3CC[C@H](C)C[C@H]3C2=O)no1. The Morgan fingerprint density at radius 3 is 2.67 bits per heavy atom. The fourth-order valence-corrected chi connectivity index (χ4v) is 3.07. The first-order valence-corrected chi connectivity index (χ1v) is 6.39. The first kappa shape index (κ1) is 11.4. The Kier molecular flexibility index (Phi) is 2.50. The highest BCUT2D eigenvalue weighted by Crippen LogP contribution is 2.41. The third-order valence-electron chi connectivity index (χ3n) is 4.03. The number of nitrogens with zero attached hydrogens (tertiary/aromatic N) is 2. The number of imide groups is 1. The number of hydrogen-bond acceptors (Lipinski definition) is 4. The Balaban J connectivity index is 1.93. The lowest BCUT2D eigenvalue weighted by Crippen LogP contribution is -2.31. The summed E-state index contributed by atoms with van der Waals surface area (Å²) >= 11 is 0. The molecule has 1 saturated carbocycles. The quantitative estimate of drug-likeness (QED) is 0.712. The minimum Gasteiger partial charge on any atom is -0.360 e. The highest BCUT2D eigenvalue weighted by atomic mass is 16.5. The Labute approximate surface area is 105 Å². The van der Waals surface area contributed by atoms with Gasteiger partial charge in [0.05, 0.1) is 11.8 Å². The van der Waals surface area contributed by atoms with Crippen LogP contribution in [0.15, 0.2) is 10.6 Å². The van der Waals surface area contributed by atoms with Gasteiger partial charge in [-0.1, -0.05) is 12.1 Å². The standard InChI is InChI=1S/C13H16N2O3/c1-7-3-4-9-10(5-7)13(17)15(12(9)16)11-6-8(2)18-14-11/h6-7,9-10H,3-5H2,1-2H3/t7-,9+,10+/m0/s1. The Morgan fingerprint density at radius 1 is 1.28 bits per heavy atom. The van der Waals surface area contributed by atoms with Crippen molar-refractivity contribution in [1.82, 2.24) is 5.16 Å². The first-order chi connectivity index (χ1) is 8.58. The molecule has 1 aromatic heterocycles. The van der Waals surface area contributed by atoms with Gasteiger partial charge < -0.3 is 4.52 Å². The summed E-state index contributed by atoms with van der Waals surface area (Å²) in [7, 11) is 0. The molecule has 0 aromatic carbocycles. The zero-order valence-corrected chi connectivity index (χ0v) is 10.5. The van der Waals surface area contributed by atoms with E-state index in [1.54, 1.807) is 13.0 Å². The molecular formula is C13H16N2O3. The van der Waals surface area contributed by atoms with Crippen molar-refractivity contribution in [2.45, 2.75) is 33.1 Å². The normalized spacial score (nSPS) is 31.9. The number of carbonyl (C=O) groups excluding carboxylic acids is 2. The molecule has 1 saturated heterocycles. The molecule has 96 valence electrons. The largest absolute Gasteiger partial charge is 0.360 e. The molecule has 18 heavy (non-hydrogen) atoms. The average Bonchev–Trinajstić information content (AvgIpc) is 2.84. The maximum Gasteiger partial charge on any atom is 0.239 e. The molecule has 1 aliphatic carbocycles. The fraction of sp³-hybridized carbons (Fsp3) is 0.615. The minimum absolute atomic E-state index is 0.106. The van der Waals surface area contributed by atoms with E-state index in [1.807, 2.05) is 0 Å². The second-order valence-electron chi connectivity index (χ2n) is 5.44. The van der Waals surface area contributed by atoms with E-state index in [0.29, 0.717) is 17.5 Å². The number of rotatable bonds is 1. The van der Waals surface area contributed by atoms with Gasteiger partial charge in [-0.05, 0) is 32.1 Å². The van der Waals surface area contributed by atoms with Crippen LogP contribution < -0.4 is 4.90 Å². The van der Waals surface area contributed by atoms with Crippen LogP contribution in [-0.4, -0.2) is 17.0 Å². The van der Waals surface area contributed by atoms with Crippen LogP contribution in [0, 0.1) is 24.7 Å². The van der Waals surface area contributed by atoms with E-state index >= 15 is 0 Å². The predicted molar refractivity (Wildman–Crippen MR) is 63.7 cm³/mol. The number of hydrogen-bond donors (Lipinski definition) is 0. The topological polar surface area (TPSA) is 63.4 Å². The molecule has 2 fully saturated rings. The van der Waals surface area contributed by atoms with Crippen LogP contribution in [0.4, 0.5) is 5.82 Å². The van der Waals surface area contributed by atoms with E-state index in [0.717, 1.165) is 19.3 Å².